The van der Waals surface area contributed by atoms with E-state index in [0.29, 0.717) is 37.5 Å². The summed E-state index contributed by atoms with van der Waals surface area (Å²) in [6, 6.07) is 6.26. The lowest BCUT2D eigenvalue weighted by Crippen LogP contribution is -2.50. The molecule has 2 atom stereocenters. The molecule has 0 bridgehead atoms. The number of hydrogen-bond donors (Lipinski definition) is 2. The van der Waals surface area contributed by atoms with Gasteiger partial charge in [0, 0.05) is 62.6 Å². The third-order valence-electron chi connectivity index (χ3n) is 5.81. The summed E-state index contributed by atoms with van der Waals surface area (Å²) in [4.78, 5) is 19.6. The predicted octanol–water partition coefficient (Wildman–Crippen LogP) is 3.08. The summed E-state index contributed by atoms with van der Waals surface area (Å²) in [6.07, 6.45) is -2.05. The Kier molecular flexibility index (Phi) is 5.73. The fourth-order valence-electron chi connectivity index (χ4n) is 4.49. The highest BCUT2D eigenvalue weighted by Crippen LogP contribution is 2.38. The van der Waals surface area contributed by atoms with Crippen LogP contribution in [0, 0.1) is 5.92 Å². The van der Waals surface area contributed by atoms with Gasteiger partial charge < -0.3 is 20.4 Å². The van der Waals surface area contributed by atoms with E-state index in [1.807, 2.05) is 0 Å². The fraction of sp³-hybridized carbons (Fsp3) is 0.524. The van der Waals surface area contributed by atoms with Crippen LogP contribution in [0.25, 0.3) is 10.9 Å². The number of urea groups is 1. The molecule has 6 nitrogen and oxygen atoms in total. The number of anilines is 1. The molecule has 0 radical (unpaired) electrons. The van der Waals surface area contributed by atoms with Crippen molar-refractivity contribution in [2.24, 2.45) is 5.92 Å². The number of aromatic nitrogens is 1. The predicted molar refractivity (Wildman–Crippen MR) is 110 cm³/mol. The third kappa shape index (κ3) is 4.30. The average Bonchev–Trinajstić information content (AvgIpc) is 3.11. The number of fused-ring (bicyclic) bond motifs is 1. The molecule has 2 amide bonds. The maximum Gasteiger partial charge on any atom is 0.418 e. The zero-order valence-electron chi connectivity index (χ0n) is 16.9. The van der Waals surface area contributed by atoms with Crippen LogP contribution in [-0.4, -0.2) is 61.2 Å². The van der Waals surface area contributed by atoms with Gasteiger partial charge in [-0.1, -0.05) is 6.92 Å². The Morgan fingerprint density at radius 2 is 2.10 bits per heavy atom. The quantitative estimate of drug-likeness (QED) is 0.779. The number of rotatable bonds is 5. The molecule has 2 saturated heterocycles. The van der Waals surface area contributed by atoms with Crippen molar-refractivity contribution in [1.82, 2.24) is 20.5 Å². The lowest BCUT2D eigenvalue weighted by atomic mass is 9.94. The second-order valence-corrected chi connectivity index (χ2v) is 8.15. The molecule has 3 heterocycles. The number of hydrogen-bond acceptors (Lipinski definition) is 4. The molecule has 0 saturated carbocycles. The number of carbonyl (C=O) groups is 1. The van der Waals surface area contributed by atoms with Crippen molar-refractivity contribution in [3.8, 4) is 0 Å². The van der Waals surface area contributed by atoms with E-state index in [0.717, 1.165) is 31.3 Å². The van der Waals surface area contributed by atoms with Crippen LogP contribution in [0.1, 0.15) is 18.9 Å². The number of halogens is 3. The number of amides is 2. The molecular weight excluding hydrogens is 395 g/mol. The van der Waals surface area contributed by atoms with Crippen molar-refractivity contribution in [2.75, 3.05) is 44.2 Å². The van der Waals surface area contributed by atoms with Gasteiger partial charge in [-0.2, -0.15) is 13.2 Å². The molecule has 2 aromatic rings. The van der Waals surface area contributed by atoms with Crippen molar-refractivity contribution in [1.29, 1.82) is 0 Å². The van der Waals surface area contributed by atoms with Gasteiger partial charge in [0.1, 0.15) is 0 Å². The Labute approximate surface area is 173 Å². The van der Waals surface area contributed by atoms with Gasteiger partial charge in [-0.3, -0.25) is 4.98 Å². The van der Waals surface area contributed by atoms with Crippen molar-refractivity contribution < 1.29 is 18.0 Å². The maximum absolute atomic E-state index is 13.4. The van der Waals surface area contributed by atoms with E-state index in [1.165, 1.54) is 6.20 Å². The lowest BCUT2D eigenvalue weighted by Gasteiger charge is -2.39. The largest absolute Gasteiger partial charge is 0.418 e. The summed E-state index contributed by atoms with van der Waals surface area (Å²) in [5, 5.41) is 6.84. The first-order valence-corrected chi connectivity index (χ1v) is 10.3. The van der Waals surface area contributed by atoms with Gasteiger partial charge in [0.05, 0.1) is 11.1 Å². The van der Waals surface area contributed by atoms with Gasteiger partial charge in [-0.05, 0) is 36.6 Å². The van der Waals surface area contributed by atoms with Gasteiger partial charge >= 0.3 is 12.2 Å². The van der Waals surface area contributed by atoms with Crippen LogP contribution < -0.4 is 15.5 Å². The zero-order chi connectivity index (χ0) is 21.3. The minimum atomic E-state index is -4.44. The molecule has 0 unspecified atom stereocenters. The number of piperidine rings is 1. The number of carbonyl (C=O) groups excluding carboxylic acids is 1. The molecule has 4 rings (SSSR count). The summed E-state index contributed by atoms with van der Waals surface area (Å²) < 4.78 is 40.2. The Morgan fingerprint density at radius 3 is 2.83 bits per heavy atom. The van der Waals surface area contributed by atoms with Crippen LogP contribution in [0.15, 0.2) is 30.5 Å². The highest BCUT2D eigenvalue weighted by molar-refractivity contribution is 5.94. The second kappa shape index (κ2) is 8.29. The van der Waals surface area contributed by atoms with Crippen molar-refractivity contribution in [3.05, 3.63) is 36.0 Å². The fourth-order valence-corrected chi connectivity index (χ4v) is 4.49. The first-order valence-electron chi connectivity index (χ1n) is 10.3. The molecule has 1 aromatic carbocycles. The van der Waals surface area contributed by atoms with Crippen LogP contribution in [0.3, 0.4) is 0 Å². The topological polar surface area (TPSA) is 60.5 Å². The first-order chi connectivity index (χ1) is 14.3. The maximum atomic E-state index is 13.4. The normalized spacial score (nSPS) is 22.6. The minimum absolute atomic E-state index is 0.00900. The van der Waals surface area contributed by atoms with Crippen LogP contribution in [0.2, 0.25) is 0 Å². The van der Waals surface area contributed by atoms with Crippen LogP contribution in [0.5, 0.6) is 0 Å². The summed E-state index contributed by atoms with van der Waals surface area (Å²) in [6.45, 7) is 6.37. The number of pyridine rings is 1. The average molecular weight is 421 g/mol. The van der Waals surface area contributed by atoms with E-state index in [2.05, 4.69) is 27.4 Å². The number of alkyl halides is 3. The van der Waals surface area contributed by atoms with Gasteiger partial charge in [0.2, 0.25) is 0 Å². The molecule has 9 heteroatoms. The third-order valence-corrected chi connectivity index (χ3v) is 5.81. The Morgan fingerprint density at radius 1 is 1.27 bits per heavy atom. The van der Waals surface area contributed by atoms with Crippen molar-refractivity contribution in [2.45, 2.75) is 25.6 Å². The molecule has 0 spiro atoms. The molecule has 0 aliphatic carbocycles. The van der Waals surface area contributed by atoms with Gasteiger partial charge in [-0.15, -0.1) is 0 Å². The smallest absolute Gasteiger partial charge is 0.369 e. The van der Waals surface area contributed by atoms with Crippen LogP contribution >= 0.6 is 0 Å². The van der Waals surface area contributed by atoms with E-state index in [-0.39, 0.29) is 17.6 Å². The minimum Gasteiger partial charge on any atom is -0.369 e. The molecule has 2 aliphatic heterocycles. The molecular formula is C21H26F3N5O. The number of nitrogens with one attached hydrogen (secondary N) is 2. The first kappa shape index (κ1) is 20.7. The molecule has 2 aliphatic rings. The van der Waals surface area contributed by atoms with E-state index >= 15 is 0 Å². The monoisotopic (exact) mass is 421 g/mol. The van der Waals surface area contributed by atoms with Crippen LogP contribution in [-0.2, 0) is 6.18 Å². The standard InChI is InChI=1S/C21H26F3N5O/c1-14-11-15(25-7-9-28-10-8-27-20(28)30)13-29(12-14)18-5-4-17(21(22,23)24)19-16(18)3-2-6-26-19/h2-6,14-15,25H,7-13H2,1H3,(H,27,30)/t14-,15+/m1/s1. The van der Waals surface area contributed by atoms with Crippen LogP contribution in [0.4, 0.5) is 23.7 Å². The summed E-state index contributed by atoms with van der Waals surface area (Å²) in [7, 11) is 0. The van der Waals surface area contributed by atoms with Gasteiger partial charge in [0.25, 0.3) is 0 Å². The van der Waals surface area contributed by atoms with Gasteiger partial charge in [-0.25, -0.2) is 4.79 Å². The second-order valence-electron chi connectivity index (χ2n) is 8.15. The summed E-state index contributed by atoms with van der Waals surface area (Å²) >= 11 is 0. The Bertz CT molecular complexity index is 919. The molecule has 2 fully saturated rings. The molecule has 1 aromatic heterocycles. The number of nitrogens with zero attached hydrogens (tertiary/aromatic N) is 3. The van der Waals surface area contributed by atoms with E-state index < -0.39 is 11.7 Å². The van der Waals surface area contributed by atoms with Crippen molar-refractivity contribution in [3.63, 3.8) is 0 Å². The molecule has 162 valence electrons. The van der Waals surface area contributed by atoms with E-state index in [9.17, 15) is 18.0 Å². The Hall–Kier alpha value is -2.55. The highest BCUT2D eigenvalue weighted by Gasteiger charge is 2.34. The zero-order valence-corrected chi connectivity index (χ0v) is 16.9. The SMILES string of the molecule is C[C@@H]1C[C@H](NCCN2CCNC2=O)CN(c2ccc(C(F)(F)F)c3ncccc23)C1. The lowest BCUT2D eigenvalue weighted by molar-refractivity contribution is -0.136. The molecule has 2 N–H and O–H groups in total. The Balaban J connectivity index is 1.50. The summed E-state index contributed by atoms with van der Waals surface area (Å²) in [5.74, 6) is 0.389. The highest BCUT2D eigenvalue weighted by atomic mass is 19.4. The molecule has 30 heavy (non-hydrogen) atoms. The van der Waals surface area contributed by atoms with E-state index in [4.69, 9.17) is 0 Å². The van der Waals surface area contributed by atoms with E-state index in [1.54, 1.807) is 23.1 Å². The van der Waals surface area contributed by atoms with Gasteiger partial charge in [0.15, 0.2) is 0 Å². The number of benzene rings is 1. The van der Waals surface area contributed by atoms with Crippen molar-refractivity contribution >= 4 is 22.6 Å². The summed E-state index contributed by atoms with van der Waals surface area (Å²) in [5.41, 5.74) is 0.0686.